The third kappa shape index (κ3) is 2.54. The molecule has 0 radical (unpaired) electrons. The van der Waals surface area contributed by atoms with Crippen molar-refractivity contribution in [2.45, 2.75) is 33.0 Å². The van der Waals surface area contributed by atoms with Crippen LogP contribution in [-0.2, 0) is 22.6 Å². The number of fused-ring (bicyclic) bond motifs is 1. The van der Waals surface area contributed by atoms with Crippen LogP contribution in [0.25, 0.3) is 10.9 Å². The quantitative estimate of drug-likeness (QED) is 0.840. The highest BCUT2D eigenvalue weighted by Gasteiger charge is 2.10. The Morgan fingerprint density at radius 3 is 2.83 bits per heavy atom. The van der Waals surface area contributed by atoms with Crippen LogP contribution in [-0.4, -0.2) is 16.6 Å². The Morgan fingerprint density at radius 1 is 1.39 bits per heavy atom. The zero-order valence-electron chi connectivity index (χ0n) is 10.7. The van der Waals surface area contributed by atoms with Crippen molar-refractivity contribution in [2.24, 2.45) is 5.73 Å². The van der Waals surface area contributed by atoms with Gasteiger partial charge in [0.15, 0.2) is 0 Å². The number of ether oxygens (including phenoxy) is 1. The number of nitrogens with zero attached hydrogens (tertiary/aromatic N) is 1. The molecule has 2 rings (SSSR count). The molecule has 0 aliphatic rings. The van der Waals surface area contributed by atoms with Gasteiger partial charge in [0.25, 0.3) is 0 Å². The van der Waals surface area contributed by atoms with E-state index in [4.69, 9.17) is 10.5 Å². The lowest BCUT2D eigenvalue weighted by atomic mass is 10.1. The lowest BCUT2D eigenvalue weighted by Gasteiger charge is -2.10. The molecule has 0 fully saturated rings. The second-order valence-electron chi connectivity index (χ2n) is 4.54. The van der Waals surface area contributed by atoms with Gasteiger partial charge in [-0.3, -0.25) is 4.79 Å². The molecule has 4 nitrogen and oxygen atoms in total. The Morgan fingerprint density at radius 2 is 2.17 bits per heavy atom. The van der Waals surface area contributed by atoms with Gasteiger partial charge in [-0.05, 0) is 30.9 Å². The lowest BCUT2D eigenvalue weighted by molar-refractivity contribution is -0.148. The van der Waals surface area contributed by atoms with E-state index in [0.717, 1.165) is 16.5 Å². The average molecular weight is 246 g/mol. The maximum Gasteiger partial charge on any atom is 0.326 e. The van der Waals surface area contributed by atoms with Gasteiger partial charge in [0.2, 0.25) is 0 Å². The molecule has 1 heterocycles. The van der Waals surface area contributed by atoms with E-state index in [2.05, 4.69) is 0 Å². The van der Waals surface area contributed by atoms with Crippen molar-refractivity contribution in [3.63, 3.8) is 0 Å². The first-order valence-electron chi connectivity index (χ1n) is 6.08. The first kappa shape index (κ1) is 12.6. The number of esters is 1. The molecule has 0 unspecified atom stereocenters. The molecule has 0 spiro atoms. The van der Waals surface area contributed by atoms with Gasteiger partial charge in [0, 0.05) is 12.7 Å². The van der Waals surface area contributed by atoms with E-state index in [1.54, 1.807) is 0 Å². The van der Waals surface area contributed by atoms with E-state index in [9.17, 15) is 4.79 Å². The third-order valence-electron chi connectivity index (χ3n) is 2.76. The van der Waals surface area contributed by atoms with E-state index >= 15 is 0 Å². The van der Waals surface area contributed by atoms with Gasteiger partial charge in [-0.15, -0.1) is 0 Å². The van der Waals surface area contributed by atoms with E-state index in [-0.39, 0.29) is 18.6 Å². The monoisotopic (exact) mass is 246 g/mol. The minimum Gasteiger partial charge on any atom is -0.462 e. The number of nitrogens with two attached hydrogens (primary N) is 1. The summed E-state index contributed by atoms with van der Waals surface area (Å²) in [7, 11) is 0. The minimum absolute atomic E-state index is 0.0895. The summed E-state index contributed by atoms with van der Waals surface area (Å²) in [5, 5.41) is 1.09. The maximum absolute atomic E-state index is 11.7. The van der Waals surface area contributed by atoms with Crippen molar-refractivity contribution in [1.82, 2.24) is 4.57 Å². The van der Waals surface area contributed by atoms with E-state index in [1.165, 1.54) is 0 Å². The van der Waals surface area contributed by atoms with Crippen LogP contribution in [0.1, 0.15) is 19.4 Å². The number of carbonyl (C=O) groups excluding carboxylic acids is 1. The van der Waals surface area contributed by atoms with Crippen LogP contribution in [0.2, 0.25) is 0 Å². The summed E-state index contributed by atoms with van der Waals surface area (Å²) in [5.41, 5.74) is 7.78. The van der Waals surface area contributed by atoms with Crippen molar-refractivity contribution in [2.75, 3.05) is 0 Å². The Labute approximate surface area is 106 Å². The largest absolute Gasteiger partial charge is 0.462 e. The van der Waals surface area contributed by atoms with Crippen LogP contribution in [0.3, 0.4) is 0 Å². The van der Waals surface area contributed by atoms with Crippen LogP contribution in [0.4, 0.5) is 0 Å². The molecule has 4 heteroatoms. The van der Waals surface area contributed by atoms with Gasteiger partial charge in [-0.2, -0.15) is 0 Å². The van der Waals surface area contributed by atoms with Crippen molar-refractivity contribution in [3.8, 4) is 0 Å². The fourth-order valence-electron chi connectivity index (χ4n) is 2.08. The molecule has 0 saturated heterocycles. The molecule has 1 aromatic heterocycles. The smallest absolute Gasteiger partial charge is 0.326 e. The standard InChI is InChI=1S/C14H18N2O2/c1-10(2)18-13(17)9-16-7-6-11-4-3-5-12(8-15)14(11)16/h3-7,10H,8-9,15H2,1-2H3. The van der Waals surface area contributed by atoms with Gasteiger partial charge in [-0.1, -0.05) is 18.2 Å². The number of aromatic nitrogens is 1. The summed E-state index contributed by atoms with van der Waals surface area (Å²) in [6.07, 6.45) is 1.80. The van der Waals surface area contributed by atoms with Crippen molar-refractivity contribution >= 4 is 16.9 Å². The highest BCUT2D eigenvalue weighted by atomic mass is 16.5. The maximum atomic E-state index is 11.7. The van der Waals surface area contributed by atoms with Crippen molar-refractivity contribution < 1.29 is 9.53 Å². The topological polar surface area (TPSA) is 57.2 Å². The first-order valence-corrected chi connectivity index (χ1v) is 6.08. The fraction of sp³-hybridized carbons (Fsp3) is 0.357. The predicted octanol–water partition coefficient (Wildman–Crippen LogP) is 2.05. The zero-order chi connectivity index (χ0) is 13.1. The van der Waals surface area contributed by atoms with Gasteiger partial charge in [-0.25, -0.2) is 0 Å². The second-order valence-corrected chi connectivity index (χ2v) is 4.54. The number of benzene rings is 1. The Bertz CT molecular complexity index is 558. The predicted molar refractivity (Wildman–Crippen MR) is 71.1 cm³/mol. The molecule has 0 atom stereocenters. The normalized spacial score (nSPS) is 11.1. The zero-order valence-corrected chi connectivity index (χ0v) is 10.7. The van der Waals surface area contributed by atoms with Gasteiger partial charge in [0.1, 0.15) is 6.54 Å². The number of rotatable bonds is 4. The molecule has 2 aromatic rings. The van der Waals surface area contributed by atoms with Crippen LogP contribution in [0.5, 0.6) is 0 Å². The summed E-state index contributed by atoms with van der Waals surface area (Å²) < 4.78 is 7.05. The highest BCUT2D eigenvalue weighted by Crippen LogP contribution is 2.20. The fourth-order valence-corrected chi connectivity index (χ4v) is 2.08. The van der Waals surface area contributed by atoms with Crippen LogP contribution >= 0.6 is 0 Å². The van der Waals surface area contributed by atoms with E-state index in [1.807, 2.05) is 48.9 Å². The van der Waals surface area contributed by atoms with Crippen LogP contribution < -0.4 is 5.73 Å². The van der Waals surface area contributed by atoms with E-state index < -0.39 is 0 Å². The molecule has 0 amide bonds. The highest BCUT2D eigenvalue weighted by molar-refractivity contribution is 5.85. The number of hydrogen-bond donors (Lipinski definition) is 1. The molecular formula is C14H18N2O2. The van der Waals surface area contributed by atoms with Crippen LogP contribution in [0, 0.1) is 0 Å². The van der Waals surface area contributed by atoms with Gasteiger partial charge >= 0.3 is 5.97 Å². The second kappa shape index (κ2) is 5.23. The number of carbonyl (C=O) groups is 1. The summed E-state index contributed by atoms with van der Waals surface area (Å²) >= 11 is 0. The Hall–Kier alpha value is -1.81. The van der Waals surface area contributed by atoms with Crippen molar-refractivity contribution in [1.29, 1.82) is 0 Å². The molecule has 0 aliphatic carbocycles. The SMILES string of the molecule is CC(C)OC(=O)Cn1ccc2cccc(CN)c21. The summed E-state index contributed by atoms with van der Waals surface area (Å²) in [6.45, 7) is 4.37. The third-order valence-corrected chi connectivity index (χ3v) is 2.76. The first-order chi connectivity index (χ1) is 8.61. The number of para-hydroxylation sites is 1. The summed E-state index contributed by atoms with van der Waals surface area (Å²) in [6, 6.07) is 7.95. The van der Waals surface area contributed by atoms with Crippen LogP contribution in [0.15, 0.2) is 30.5 Å². The molecular weight excluding hydrogens is 228 g/mol. The molecule has 0 bridgehead atoms. The summed E-state index contributed by atoms with van der Waals surface area (Å²) in [5.74, 6) is -0.227. The van der Waals surface area contributed by atoms with E-state index in [0.29, 0.717) is 6.54 Å². The minimum atomic E-state index is -0.227. The Balaban J connectivity index is 2.31. The molecule has 1 aromatic carbocycles. The molecule has 96 valence electrons. The number of hydrogen-bond acceptors (Lipinski definition) is 3. The van der Waals surface area contributed by atoms with Gasteiger partial charge in [0.05, 0.1) is 11.6 Å². The molecule has 2 N–H and O–H groups in total. The molecule has 18 heavy (non-hydrogen) atoms. The Kier molecular flexibility index (Phi) is 3.67. The van der Waals surface area contributed by atoms with Gasteiger partial charge < -0.3 is 15.0 Å². The molecule has 0 saturated carbocycles. The molecule has 0 aliphatic heterocycles. The van der Waals surface area contributed by atoms with Crippen molar-refractivity contribution in [3.05, 3.63) is 36.0 Å². The average Bonchev–Trinajstić information content (AvgIpc) is 2.71. The summed E-state index contributed by atoms with van der Waals surface area (Å²) in [4.78, 5) is 11.7. The lowest BCUT2D eigenvalue weighted by Crippen LogP contribution is -2.17.